The lowest BCUT2D eigenvalue weighted by Gasteiger charge is -2.46. The zero-order valence-corrected chi connectivity index (χ0v) is 15.8. The lowest BCUT2D eigenvalue weighted by Crippen LogP contribution is -2.45. The van der Waals surface area contributed by atoms with Crippen LogP contribution in [0, 0.1) is 22.7 Å². The van der Waals surface area contributed by atoms with Crippen molar-refractivity contribution >= 4 is 11.9 Å². The van der Waals surface area contributed by atoms with E-state index in [-0.39, 0.29) is 22.0 Å². The molecule has 2 bridgehead atoms. The first-order chi connectivity index (χ1) is 12.1. The van der Waals surface area contributed by atoms with E-state index < -0.39 is 11.9 Å². The van der Waals surface area contributed by atoms with E-state index in [1.54, 1.807) is 0 Å². The number of fused-ring (bicyclic) bond motifs is 5. The van der Waals surface area contributed by atoms with E-state index in [4.69, 9.17) is 10.2 Å². The summed E-state index contributed by atoms with van der Waals surface area (Å²) in [6.45, 7) is 9.82. The molecule has 3 rings (SSSR count). The van der Waals surface area contributed by atoms with Crippen molar-refractivity contribution in [3.05, 3.63) is 24.3 Å². The summed E-state index contributed by atoms with van der Waals surface area (Å²) >= 11 is 0. The van der Waals surface area contributed by atoms with Gasteiger partial charge in [0.1, 0.15) is 0 Å². The van der Waals surface area contributed by atoms with Crippen molar-refractivity contribution in [1.29, 1.82) is 0 Å². The van der Waals surface area contributed by atoms with Crippen molar-refractivity contribution in [3.63, 3.8) is 0 Å². The number of aliphatic hydroxyl groups is 2. The maximum absolute atomic E-state index is 9.73. The number of carbonyl (C=O) groups is 2. The minimum absolute atomic E-state index is 0.105. The summed E-state index contributed by atoms with van der Waals surface area (Å²) < 4.78 is 0. The van der Waals surface area contributed by atoms with Gasteiger partial charge in [0, 0.05) is 35.2 Å². The van der Waals surface area contributed by atoms with Crippen LogP contribution in [0.5, 0.6) is 0 Å². The quantitative estimate of drug-likeness (QED) is 0.567. The van der Waals surface area contributed by atoms with Gasteiger partial charge < -0.3 is 20.4 Å². The van der Waals surface area contributed by atoms with Gasteiger partial charge in [0.05, 0.1) is 0 Å². The van der Waals surface area contributed by atoms with E-state index in [9.17, 15) is 19.8 Å². The summed E-state index contributed by atoms with van der Waals surface area (Å²) in [5.74, 6) is -0.324. The number of hydrogen-bond donors (Lipinski definition) is 4. The molecule has 4 N–H and O–H groups in total. The predicted molar refractivity (Wildman–Crippen MR) is 98.6 cm³/mol. The van der Waals surface area contributed by atoms with Gasteiger partial charge >= 0.3 is 11.9 Å². The highest BCUT2D eigenvalue weighted by molar-refractivity contribution is 5.85. The normalized spacial score (nSPS) is 33.2. The fraction of sp³-hybridized carbons (Fsp3) is 0.700. The van der Waals surface area contributed by atoms with Crippen LogP contribution in [-0.4, -0.2) is 45.6 Å². The van der Waals surface area contributed by atoms with Gasteiger partial charge in [-0.3, -0.25) is 0 Å². The molecule has 0 aromatic heterocycles. The van der Waals surface area contributed by atoms with Crippen LogP contribution in [0.15, 0.2) is 24.3 Å². The zero-order valence-electron chi connectivity index (χ0n) is 15.8. The van der Waals surface area contributed by atoms with E-state index >= 15 is 0 Å². The first-order valence-electron chi connectivity index (χ1n) is 9.06. The molecule has 0 saturated heterocycles. The molecule has 0 radical (unpaired) electrons. The summed E-state index contributed by atoms with van der Waals surface area (Å²) in [4.78, 5) is 19.2. The van der Waals surface area contributed by atoms with E-state index in [2.05, 4.69) is 13.2 Å². The fourth-order valence-corrected chi connectivity index (χ4v) is 5.07. The molecule has 6 heteroatoms. The Labute approximate surface area is 155 Å². The van der Waals surface area contributed by atoms with Gasteiger partial charge in [-0.1, -0.05) is 19.6 Å². The summed E-state index contributed by atoms with van der Waals surface area (Å²) in [6, 6.07) is 0. The molecule has 0 amide bonds. The average Bonchev–Trinajstić information content (AvgIpc) is 3.26. The van der Waals surface area contributed by atoms with Gasteiger partial charge in [0.2, 0.25) is 0 Å². The third-order valence-corrected chi connectivity index (χ3v) is 6.43. The molecule has 0 aromatic carbocycles. The third-order valence-electron chi connectivity index (χ3n) is 6.43. The molecule has 26 heavy (non-hydrogen) atoms. The number of aliphatic hydroxyl groups excluding tert-OH is 2. The van der Waals surface area contributed by atoms with Crippen LogP contribution in [0.2, 0.25) is 0 Å². The second-order valence-electron chi connectivity index (χ2n) is 7.93. The molecule has 4 atom stereocenters. The third kappa shape index (κ3) is 4.18. The molecule has 0 aromatic rings. The number of carboxylic acid groups (broad SMARTS) is 2. The van der Waals surface area contributed by atoms with E-state index in [1.165, 1.54) is 39.5 Å². The minimum atomic E-state index is -0.935. The highest BCUT2D eigenvalue weighted by Crippen LogP contribution is 2.72. The Bertz CT molecular complexity index is 521. The molecule has 3 aliphatic rings. The monoisotopic (exact) mass is 368 g/mol. The van der Waals surface area contributed by atoms with Gasteiger partial charge in [-0.15, -0.1) is 0 Å². The number of hydrogen-bond acceptors (Lipinski definition) is 4. The lowest BCUT2D eigenvalue weighted by atomic mass is 9.60. The van der Waals surface area contributed by atoms with Crippen molar-refractivity contribution in [1.82, 2.24) is 0 Å². The molecule has 0 aliphatic heterocycles. The Morgan fingerprint density at radius 3 is 1.85 bits per heavy atom. The molecule has 4 unspecified atom stereocenters. The van der Waals surface area contributed by atoms with Crippen LogP contribution in [0.4, 0.5) is 0 Å². The van der Waals surface area contributed by atoms with E-state index in [1.807, 2.05) is 0 Å². The van der Waals surface area contributed by atoms with Crippen molar-refractivity contribution in [2.24, 2.45) is 22.7 Å². The molecule has 0 spiro atoms. The standard InChI is InChI=1S/C12H20O2.2C4H6O2/c13-7-11-5-3-9(6-11)10-2-1-4-12(10,11)8-14;2*1-3(2)4(5)6/h9-10,13-14H,1-8H2;2*1H2,2H3,(H,5,6). The molecular weight excluding hydrogens is 336 g/mol. The topological polar surface area (TPSA) is 115 Å². The SMILES string of the molecule is C=C(C)C(=O)O.C=C(C)C(=O)O.OCC12CCC(C1)C1CCCC12CO. The first kappa shape index (κ1) is 22.4. The highest BCUT2D eigenvalue weighted by Gasteiger charge is 2.67. The Hall–Kier alpha value is -1.66. The predicted octanol–water partition coefficient (Wildman–Crippen LogP) is 2.85. The molecule has 0 heterocycles. The first-order valence-corrected chi connectivity index (χ1v) is 9.06. The number of aliphatic carboxylic acids is 2. The Morgan fingerprint density at radius 2 is 1.46 bits per heavy atom. The largest absolute Gasteiger partial charge is 0.478 e. The molecular formula is C20H32O6. The number of carboxylic acids is 2. The summed E-state index contributed by atoms with van der Waals surface area (Å²) in [5, 5.41) is 35.2. The van der Waals surface area contributed by atoms with Crippen LogP contribution in [-0.2, 0) is 9.59 Å². The molecule has 148 valence electrons. The summed E-state index contributed by atoms with van der Waals surface area (Å²) in [6.07, 6.45) is 7.37. The van der Waals surface area contributed by atoms with Crippen molar-refractivity contribution < 1.29 is 30.0 Å². The van der Waals surface area contributed by atoms with Crippen LogP contribution < -0.4 is 0 Å². The lowest BCUT2D eigenvalue weighted by molar-refractivity contribution is -0.133. The van der Waals surface area contributed by atoms with Gasteiger partial charge in [0.15, 0.2) is 0 Å². The molecule has 3 saturated carbocycles. The van der Waals surface area contributed by atoms with Crippen LogP contribution in [0.25, 0.3) is 0 Å². The smallest absolute Gasteiger partial charge is 0.330 e. The van der Waals surface area contributed by atoms with Crippen molar-refractivity contribution in [3.8, 4) is 0 Å². The average molecular weight is 368 g/mol. The molecule has 3 fully saturated rings. The van der Waals surface area contributed by atoms with Crippen LogP contribution in [0.3, 0.4) is 0 Å². The second-order valence-corrected chi connectivity index (χ2v) is 7.93. The maximum Gasteiger partial charge on any atom is 0.330 e. The number of rotatable bonds is 4. The highest BCUT2D eigenvalue weighted by atomic mass is 16.4. The van der Waals surface area contributed by atoms with Gasteiger partial charge in [0.25, 0.3) is 0 Å². The minimum Gasteiger partial charge on any atom is -0.478 e. The summed E-state index contributed by atoms with van der Waals surface area (Å²) in [7, 11) is 0. The molecule has 3 aliphatic carbocycles. The summed E-state index contributed by atoms with van der Waals surface area (Å²) in [5.41, 5.74) is 0.572. The van der Waals surface area contributed by atoms with Crippen molar-refractivity contribution in [2.45, 2.75) is 52.4 Å². The van der Waals surface area contributed by atoms with Crippen LogP contribution >= 0.6 is 0 Å². The van der Waals surface area contributed by atoms with Gasteiger partial charge in [-0.25, -0.2) is 9.59 Å². The second kappa shape index (κ2) is 8.82. The van der Waals surface area contributed by atoms with Gasteiger partial charge in [-0.2, -0.15) is 0 Å². The Morgan fingerprint density at radius 1 is 0.962 bits per heavy atom. The Kier molecular flexibility index (Phi) is 7.59. The van der Waals surface area contributed by atoms with E-state index in [0.717, 1.165) is 24.7 Å². The van der Waals surface area contributed by atoms with Crippen LogP contribution in [0.1, 0.15) is 52.4 Å². The van der Waals surface area contributed by atoms with Crippen molar-refractivity contribution in [2.75, 3.05) is 13.2 Å². The zero-order chi connectivity index (χ0) is 20.1. The molecule has 6 nitrogen and oxygen atoms in total. The maximum atomic E-state index is 9.73. The fourth-order valence-electron chi connectivity index (χ4n) is 5.07. The Balaban J connectivity index is 0.000000238. The van der Waals surface area contributed by atoms with Gasteiger partial charge in [-0.05, 0) is 57.8 Å². The van der Waals surface area contributed by atoms with E-state index in [0.29, 0.717) is 13.2 Å².